The van der Waals surface area contributed by atoms with Crippen molar-refractivity contribution in [3.05, 3.63) is 74.1 Å². The third-order valence-electron chi connectivity index (χ3n) is 11.5. The molecule has 352 valence electrons. The molecule has 8 heterocycles. The van der Waals surface area contributed by atoms with Gasteiger partial charge in [-0.05, 0) is 88.5 Å². The molecule has 1 N–H and O–H groups in total. The van der Waals surface area contributed by atoms with Crippen LogP contribution in [-0.4, -0.2) is 119 Å². The quantitative estimate of drug-likeness (QED) is 0.125. The van der Waals surface area contributed by atoms with Gasteiger partial charge >= 0.3 is 0 Å². The van der Waals surface area contributed by atoms with Gasteiger partial charge in [-0.2, -0.15) is 10.2 Å². The van der Waals surface area contributed by atoms with Crippen molar-refractivity contribution in [1.29, 1.82) is 0 Å². The lowest BCUT2D eigenvalue weighted by atomic mass is 10.0. The largest absolute Gasteiger partial charge is 0.335 e. The van der Waals surface area contributed by atoms with Crippen LogP contribution < -0.4 is 5.32 Å². The Labute approximate surface area is 414 Å². The normalized spacial score (nSPS) is 13.8. The van der Waals surface area contributed by atoms with E-state index >= 15 is 0 Å². The summed E-state index contributed by atoms with van der Waals surface area (Å²) in [6, 6.07) is 6.32. The van der Waals surface area contributed by atoms with Gasteiger partial charge in [0.25, 0.3) is 0 Å². The Bertz CT molecular complexity index is 2500. The first-order valence-electron chi connectivity index (χ1n) is 22.3. The van der Waals surface area contributed by atoms with E-state index in [9.17, 15) is 14.4 Å². The molecular formula is C45H63ClI2N14O3. The number of nitrogens with one attached hydrogen (secondary N) is 1. The van der Waals surface area contributed by atoms with Crippen molar-refractivity contribution in [2.45, 2.75) is 100 Å². The molecule has 17 nitrogen and oxygen atoms in total. The van der Waals surface area contributed by atoms with Gasteiger partial charge in [0.15, 0.2) is 0 Å². The Balaban J connectivity index is 0.000000182. The Morgan fingerprint density at radius 3 is 1.78 bits per heavy atom. The summed E-state index contributed by atoms with van der Waals surface area (Å²) in [6.07, 6.45) is 11.0. The Hall–Kier alpha value is -4.19. The van der Waals surface area contributed by atoms with Crippen LogP contribution in [0.4, 0.5) is 0 Å². The number of aromatic nitrogens is 10. The predicted octanol–water partition coefficient (Wildman–Crippen LogP) is 6.93. The highest BCUT2D eigenvalue weighted by Gasteiger charge is 2.25. The highest BCUT2D eigenvalue weighted by molar-refractivity contribution is 14.1. The number of hydrogen-bond acceptors (Lipinski definition) is 10. The van der Waals surface area contributed by atoms with Crippen LogP contribution in [0, 0.1) is 7.40 Å². The molecule has 1 aromatic carbocycles. The van der Waals surface area contributed by atoms with Crippen LogP contribution in [-0.2, 0) is 67.7 Å². The molecule has 0 spiro atoms. The fourth-order valence-electron chi connectivity index (χ4n) is 7.59. The van der Waals surface area contributed by atoms with Crippen LogP contribution in [0.1, 0.15) is 77.9 Å². The van der Waals surface area contributed by atoms with E-state index in [4.69, 9.17) is 16.7 Å². The number of amides is 2. The predicted molar refractivity (Wildman–Crippen MR) is 272 cm³/mol. The van der Waals surface area contributed by atoms with E-state index < -0.39 is 0 Å². The van der Waals surface area contributed by atoms with Crippen molar-refractivity contribution in [3.8, 4) is 22.5 Å². The lowest BCUT2D eigenvalue weighted by Crippen LogP contribution is -2.37. The number of carbonyl (C=O) groups excluding carboxylic acids is 3. The number of hydrogen-bond donors (Lipinski definition) is 1. The first kappa shape index (κ1) is 51.8. The fourth-order valence-corrected chi connectivity index (χ4v) is 8.82. The molecule has 0 saturated carbocycles. The minimum absolute atomic E-state index is 0.185. The lowest BCUT2D eigenvalue weighted by Gasteiger charge is -2.28. The molecule has 3 aliphatic rings. The summed E-state index contributed by atoms with van der Waals surface area (Å²) >= 11 is 9.30. The summed E-state index contributed by atoms with van der Waals surface area (Å²) in [7, 11) is 3.86. The summed E-state index contributed by atoms with van der Waals surface area (Å²) < 4.78 is 12.3. The molecule has 0 aliphatic carbocycles. The first-order chi connectivity index (χ1) is 31.3. The van der Waals surface area contributed by atoms with E-state index in [1.165, 1.54) is 31.0 Å². The molecule has 0 saturated heterocycles. The number of nitrogens with zero attached hydrogens (tertiary/aromatic N) is 13. The van der Waals surface area contributed by atoms with Crippen molar-refractivity contribution < 1.29 is 14.4 Å². The molecule has 9 rings (SSSR count). The molecule has 20 heteroatoms. The smallest absolute Gasteiger partial charge is 0.222 e. The van der Waals surface area contributed by atoms with Gasteiger partial charge < -0.3 is 33.7 Å². The molecule has 3 aliphatic heterocycles. The van der Waals surface area contributed by atoms with Crippen LogP contribution in [0.5, 0.6) is 0 Å². The van der Waals surface area contributed by atoms with Gasteiger partial charge in [0.05, 0.1) is 66.6 Å². The molecule has 2 amide bonds. The summed E-state index contributed by atoms with van der Waals surface area (Å²) in [5.74, 6) is 0.415. The Kier molecular flexibility index (Phi) is 20.0. The van der Waals surface area contributed by atoms with Crippen molar-refractivity contribution in [3.63, 3.8) is 0 Å². The number of benzene rings is 1. The summed E-state index contributed by atoms with van der Waals surface area (Å²) in [6.45, 7) is 23.3. The second-order valence-corrected chi connectivity index (χ2v) is 18.0. The van der Waals surface area contributed by atoms with Gasteiger partial charge in [-0.15, -0.1) is 0 Å². The zero-order valence-electron chi connectivity index (χ0n) is 38.9. The molecule has 65 heavy (non-hydrogen) atoms. The van der Waals surface area contributed by atoms with Crippen LogP contribution in [0.2, 0.25) is 0 Å². The molecule has 0 atom stereocenters. The molecular weight excluding hydrogens is 1070 g/mol. The third kappa shape index (κ3) is 13.5. The van der Waals surface area contributed by atoms with Gasteiger partial charge in [0.2, 0.25) is 17.1 Å². The maximum absolute atomic E-state index is 12.2. The Morgan fingerprint density at radius 1 is 0.708 bits per heavy atom. The van der Waals surface area contributed by atoms with Crippen LogP contribution in [0.25, 0.3) is 33.4 Å². The minimum Gasteiger partial charge on any atom is -0.335 e. The average Bonchev–Trinajstić information content (AvgIpc) is 4.18. The van der Waals surface area contributed by atoms with E-state index in [2.05, 4.69) is 128 Å². The summed E-state index contributed by atoms with van der Waals surface area (Å²) in [5.41, 5.74) is 8.50. The van der Waals surface area contributed by atoms with Gasteiger partial charge in [0.1, 0.15) is 13.1 Å². The maximum atomic E-state index is 12.2. The SMILES string of the molecule is CCC(=O)Cl.CCC(=O)N1CCn2cnc(-c3ccc4c(c3)c(-c3cnn(C)c3)nn4C)c2C1.CCC(=O)N1CCn2cnc(I)c2C1.CCN(CC)CC.Ic1ncn2c1CNCC2. The van der Waals surface area contributed by atoms with Gasteiger partial charge in [-0.3, -0.25) is 23.7 Å². The number of aryl methyl sites for hydroxylation is 2. The second-order valence-electron chi connectivity index (χ2n) is 15.5. The molecule has 6 aromatic rings. The van der Waals surface area contributed by atoms with Gasteiger partial charge in [-0.25, -0.2) is 15.0 Å². The lowest BCUT2D eigenvalue weighted by molar-refractivity contribution is -0.133. The van der Waals surface area contributed by atoms with Gasteiger partial charge in [-0.1, -0.05) is 47.6 Å². The fraction of sp³-hybridized carbons (Fsp3) is 0.511. The standard InChI is InChI=1S/C21H23N7O.C9H12IN3O.C6H8IN3.C6H15N.C3H5ClO/c1-4-19(29)27-7-8-28-13-22-21(18(28)12-27)14-5-6-17-16(9-14)20(24-26(17)3)15-10-23-25(2)11-15;1-2-8(14)12-3-4-13-6-11-9(10)7(13)5-12;7-6-5-3-8-1-2-10(5)4-9-6;1-4-7(5-2)6-3;1-2-3(4)5/h5-6,9-11,13H,4,7-8,12H2,1-3H3;6H,2-5H2,1H3;4,8H,1-3H2;4-6H2,1-3H3;2H2,1H3. The number of carbonyl (C=O) groups is 3. The number of rotatable bonds is 8. The van der Waals surface area contributed by atoms with E-state index in [0.717, 1.165) is 92.3 Å². The van der Waals surface area contributed by atoms with Crippen molar-refractivity contribution >= 4 is 84.7 Å². The highest BCUT2D eigenvalue weighted by atomic mass is 127. The van der Waals surface area contributed by atoms with Crippen molar-refractivity contribution in [1.82, 2.24) is 68.2 Å². The van der Waals surface area contributed by atoms with Crippen LogP contribution in [0.3, 0.4) is 0 Å². The molecule has 0 fully saturated rings. The van der Waals surface area contributed by atoms with Crippen molar-refractivity contribution in [2.75, 3.05) is 39.3 Å². The minimum atomic E-state index is -0.273. The number of imidazole rings is 3. The zero-order valence-corrected chi connectivity index (χ0v) is 44.0. The van der Waals surface area contributed by atoms with Crippen molar-refractivity contribution in [2.24, 2.45) is 14.1 Å². The highest BCUT2D eigenvalue weighted by Crippen LogP contribution is 2.33. The summed E-state index contributed by atoms with van der Waals surface area (Å²) in [4.78, 5) is 52.6. The first-order valence-corrected chi connectivity index (χ1v) is 24.9. The van der Waals surface area contributed by atoms with Crippen LogP contribution >= 0.6 is 56.8 Å². The topological polar surface area (TPSA) is 162 Å². The zero-order chi connectivity index (χ0) is 47.2. The average molecular weight is 1140 g/mol. The number of fused-ring (bicyclic) bond motifs is 4. The van der Waals surface area contributed by atoms with E-state index in [-0.39, 0.29) is 17.1 Å². The molecule has 0 bridgehead atoms. The number of halogens is 3. The van der Waals surface area contributed by atoms with Crippen LogP contribution in [0.15, 0.2) is 49.6 Å². The van der Waals surface area contributed by atoms with Gasteiger partial charge in [0, 0.05) is 102 Å². The van der Waals surface area contributed by atoms with E-state index in [0.29, 0.717) is 32.4 Å². The Morgan fingerprint density at radius 2 is 1.26 bits per heavy atom. The van der Waals surface area contributed by atoms with E-state index in [1.54, 1.807) is 11.6 Å². The monoisotopic (exact) mass is 1140 g/mol. The molecule has 0 unspecified atom stereocenters. The third-order valence-corrected chi connectivity index (χ3v) is 13.6. The van der Waals surface area contributed by atoms with E-state index in [1.807, 2.05) is 73.8 Å². The summed E-state index contributed by atoms with van der Waals surface area (Å²) in [5, 5.41) is 13.1. The maximum Gasteiger partial charge on any atom is 0.222 e. The molecule has 0 radical (unpaired) electrons. The molecule has 5 aromatic heterocycles. The second kappa shape index (κ2) is 25.1.